The largest absolute Gasteiger partial charge is 0.382 e. The lowest BCUT2D eigenvalue weighted by Crippen LogP contribution is -2.37. The minimum Gasteiger partial charge on any atom is -0.382 e. The maximum atomic E-state index is 11.9. The average molecular weight is 388 g/mol. The summed E-state index contributed by atoms with van der Waals surface area (Å²) in [4.78, 5) is 11.9. The van der Waals surface area contributed by atoms with Gasteiger partial charge in [0.05, 0.1) is 11.4 Å². The van der Waals surface area contributed by atoms with Crippen molar-refractivity contribution in [2.24, 2.45) is 0 Å². The smallest absolute Gasteiger partial charge is 0.314 e. The number of para-hydroxylation sites is 1. The SMILES string of the molecule is N#Cc1c(CCCNC(=O)NCCc2ccccc2)nn(-c2ccccc2)c1N. The summed E-state index contributed by atoms with van der Waals surface area (Å²) in [7, 11) is 0. The Morgan fingerprint density at radius 3 is 2.34 bits per heavy atom. The van der Waals surface area contributed by atoms with Gasteiger partial charge in [-0.1, -0.05) is 48.5 Å². The molecule has 0 unspecified atom stereocenters. The van der Waals surface area contributed by atoms with E-state index in [1.807, 2.05) is 60.7 Å². The first-order valence-corrected chi connectivity index (χ1v) is 9.57. The fourth-order valence-corrected chi connectivity index (χ4v) is 3.03. The number of carbonyl (C=O) groups is 1. The van der Waals surface area contributed by atoms with Gasteiger partial charge in [0, 0.05) is 13.1 Å². The van der Waals surface area contributed by atoms with Gasteiger partial charge in [0.1, 0.15) is 17.5 Å². The van der Waals surface area contributed by atoms with Crippen LogP contribution < -0.4 is 16.4 Å². The number of aryl methyl sites for hydroxylation is 1. The number of aromatic nitrogens is 2. The Hall–Kier alpha value is -3.79. The molecule has 1 aromatic heterocycles. The average Bonchev–Trinajstić information content (AvgIpc) is 3.08. The molecule has 7 nitrogen and oxygen atoms in total. The number of nitrogens with zero attached hydrogens (tertiary/aromatic N) is 3. The Morgan fingerprint density at radius 2 is 1.66 bits per heavy atom. The Bertz CT molecular complexity index is 976. The van der Waals surface area contributed by atoms with E-state index >= 15 is 0 Å². The van der Waals surface area contributed by atoms with E-state index in [4.69, 9.17) is 5.73 Å². The lowest BCUT2D eigenvalue weighted by molar-refractivity contribution is 0.241. The summed E-state index contributed by atoms with van der Waals surface area (Å²) < 4.78 is 1.58. The zero-order valence-electron chi connectivity index (χ0n) is 16.1. The summed E-state index contributed by atoms with van der Waals surface area (Å²) >= 11 is 0. The highest BCUT2D eigenvalue weighted by atomic mass is 16.2. The normalized spacial score (nSPS) is 10.3. The summed E-state index contributed by atoms with van der Waals surface area (Å²) in [6, 6.07) is 21.4. The van der Waals surface area contributed by atoms with E-state index < -0.39 is 0 Å². The quantitative estimate of drug-likeness (QED) is 0.516. The number of rotatable bonds is 8. The van der Waals surface area contributed by atoms with Crippen LogP contribution in [0.4, 0.5) is 10.6 Å². The second kappa shape index (κ2) is 9.95. The number of nitrogens with one attached hydrogen (secondary N) is 2. The molecule has 0 aliphatic carbocycles. The van der Waals surface area contributed by atoms with Crippen LogP contribution in [0.25, 0.3) is 5.69 Å². The molecule has 0 atom stereocenters. The predicted molar refractivity (Wildman–Crippen MR) is 113 cm³/mol. The number of nitrogens with two attached hydrogens (primary N) is 1. The van der Waals surface area contributed by atoms with Gasteiger partial charge in [-0.15, -0.1) is 0 Å². The van der Waals surface area contributed by atoms with Gasteiger partial charge in [-0.3, -0.25) is 0 Å². The maximum absolute atomic E-state index is 11.9. The first kappa shape index (κ1) is 20.0. The van der Waals surface area contributed by atoms with E-state index in [9.17, 15) is 10.1 Å². The number of nitriles is 1. The molecule has 2 aromatic carbocycles. The number of amides is 2. The van der Waals surface area contributed by atoms with Crippen molar-refractivity contribution in [3.05, 3.63) is 77.5 Å². The molecule has 0 spiro atoms. The molecule has 4 N–H and O–H groups in total. The number of urea groups is 1. The maximum Gasteiger partial charge on any atom is 0.314 e. The highest BCUT2D eigenvalue weighted by Gasteiger charge is 2.16. The lowest BCUT2D eigenvalue weighted by atomic mass is 10.1. The molecule has 1 heterocycles. The van der Waals surface area contributed by atoms with Crippen molar-refractivity contribution < 1.29 is 4.79 Å². The topological polar surface area (TPSA) is 109 Å². The number of hydrogen-bond donors (Lipinski definition) is 3. The number of anilines is 1. The van der Waals surface area contributed by atoms with E-state index in [1.165, 1.54) is 5.56 Å². The van der Waals surface area contributed by atoms with Crippen LogP contribution in [0.5, 0.6) is 0 Å². The third-order valence-corrected chi connectivity index (χ3v) is 4.52. The van der Waals surface area contributed by atoms with Crippen molar-refractivity contribution >= 4 is 11.8 Å². The molecule has 0 saturated carbocycles. The second-order valence-electron chi connectivity index (χ2n) is 6.59. The lowest BCUT2D eigenvalue weighted by Gasteiger charge is -2.07. The Kier molecular flexibility index (Phi) is 6.85. The molecule has 29 heavy (non-hydrogen) atoms. The zero-order chi connectivity index (χ0) is 20.5. The van der Waals surface area contributed by atoms with Gasteiger partial charge >= 0.3 is 6.03 Å². The Balaban J connectivity index is 1.45. The van der Waals surface area contributed by atoms with E-state index in [-0.39, 0.29) is 6.03 Å². The van der Waals surface area contributed by atoms with Crippen molar-refractivity contribution in [2.45, 2.75) is 19.3 Å². The van der Waals surface area contributed by atoms with Crippen LogP contribution in [0.2, 0.25) is 0 Å². The third-order valence-electron chi connectivity index (χ3n) is 4.52. The molecule has 0 fully saturated rings. The standard InChI is InChI=1S/C22H24N6O/c23-16-19-20(27-28(21(19)24)18-10-5-2-6-11-18)12-7-14-25-22(29)26-15-13-17-8-3-1-4-9-17/h1-6,8-11H,7,12-15,24H2,(H2,25,26,29). The Labute approximate surface area is 170 Å². The highest BCUT2D eigenvalue weighted by Crippen LogP contribution is 2.21. The summed E-state index contributed by atoms with van der Waals surface area (Å²) in [6.07, 6.45) is 2.00. The Morgan fingerprint density at radius 1 is 1.00 bits per heavy atom. The van der Waals surface area contributed by atoms with Gasteiger partial charge in [0.25, 0.3) is 0 Å². The molecule has 2 amide bonds. The van der Waals surface area contributed by atoms with Crippen LogP contribution in [0.1, 0.15) is 23.2 Å². The number of benzene rings is 2. The molecular weight excluding hydrogens is 364 g/mol. The summed E-state index contributed by atoms with van der Waals surface area (Å²) in [5, 5.41) is 19.6. The molecule has 0 radical (unpaired) electrons. The van der Waals surface area contributed by atoms with Gasteiger partial charge in [-0.05, 0) is 37.0 Å². The molecule has 148 valence electrons. The molecule has 0 aliphatic heterocycles. The van der Waals surface area contributed by atoms with Crippen LogP contribution in [-0.2, 0) is 12.8 Å². The van der Waals surface area contributed by atoms with Crippen LogP contribution in [0, 0.1) is 11.3 Å². The minimum atomic E-state index is -0.198. The molecule has 3 aromatic rings. The fourth-order valence-electron chi connectivity index (χ4n) is 3.03. The van der Waals surface area contributed by atoms with Crippen molar-refractivity contribution in [3.8, 4) is 11.8 Å². The molecule has 0 bridgehead atoms. The second-order valence-corrected chi connectivity index (χ2v) is 6.59. The first-order chi connectivity index (χ1) is 14.2. The van der Waals surface area contributed by atoms with Gasteiger partial charge in [0.2, 0.25) is 0 Å². The van der Waals surface area contributed by atoms with Gasteiger partial charge in [-0.25, -0.2) is 9.48 Å². The van der Waals surface area contributed by atoms with E-state index in [2.05, 4.69) is 21.8 Å². The van der Waals surface area contributed by atoms with Gasteiger partial charge < -0.3 is 16.4 Å². The van der Waals surface area contributed by atoms with Crippen molar-refractivity contribution in [1.82, 2.24) is 20.4 Å². The molecular formula is C22H24N6O. The molecule has 3 rings (SSSR count). The molecule has 7 heteroatoms. The monoisotopic (exact) mass is 388 g/mol. The van der Waals surface area contributed by atoms with Crippen LogP contribution >= 0.6 is 0 Å². The third kappa shape index (κ3) is 5.36. The summed E-state index contributed by atoms with van der Waals surface area (Å²) in [5.41, 5.74) is 9.12. The molecule has 0 saturated heterocycles. The van der Waals surface area contributed by atoms with Gasteiger partial charge in [-0.2, -0.15) is 10.4 Å². The summed E-state index contributed by atoms with van der Waals surface area (Å²) in [5.74, 6) is 0.334. The first-order valence-electron chi connectivity index (χ1n) is 9.57. The van der Waals surface area contributed by atoms with E-state index in [0.29, 0.717) is 43.0 Å². The highest BCUT2D eigenvalue weighted by molar-refractivity contribution is 5.73. The van der Waals surface area contributed by atoms with Crippen molar-refractivity contribution in [1.29, 1.82) is 5.26 Å². The number of nitrogen functional groups attached to an aromatic ring is 1. The van der Waals surface area contributed by atoms with E-state index in [0.717, 1.165) is 12.1 Å². The van der Waals surface area contributed by atoms with Crippen LogP contribution in [-0.4, -0.2) is 28.9 Å². The molecule has 0 aliphatic rings. The van der Waals surface area contributed by atoms with Crippen LogP contribution in [0.3, 0.4) is 0 Å². The van der Waals surface area contributed by atoms with Crippen LogP contribution in [0.15, 0.2) is 60.7 Å². The van der Waals surface area contributed by atoms with E-state index in [1.54, 1.807) is 4.68 Å². The van der Waals surface area contributed by atoms with Gasteiger partial charge in [0.15, 0.2) is 0 Å². The zero-order valence-corrected chi connectivity index (χ0v) is 16.1. The predicted octanol–water partition coefficient (Wildman–Crippen LogP) is 2.80. The minimum absolute atomic E-state index is 0.198. The number of hydrogen-bond acceptors (Lipinski definition) is 4. The fraction of sp³-hybridized carbons (Fsp3) is 0.227. The summed E-state index contributed by atoms with van der Waals surface area (Å²) in [6.45, 7) is 1.06. The number of carbonyl (C=O) groups excluding carboxylic acids is 1. The van der Waals surface area contributed by atoms with Crippen molar-refractivity contribution in [3.63, 3.8) is 0 Å². The van der Waals surface area contributed by atoms with Crippen molar-refractivity contribution in [2.75, 3.05) is 18.8 Å².